The molecule has 1 unspecified atom stereocenters. The van der Waals surface area contributed by atoms with E-state index in [1.54, 1.807) is 18.2 Å². The predicted octanol–water partition coefficient (Wildman–Crippen LogP) is 2.70. The van der Waals surface area contributed by atoms with Gasteiger partial charge in [0.15, 0.2) is 11.5 Å². The van der Waals surface area contributed by atoms with E-state index >= 15 is 0 Å². The molecule has 2 aromatic rings. The van der Waals surface area contributed by atoms with Crippen LogP contribution in [0.2, 0.25) is 0 Å². The van der Waals surface area contributed by atoms with Crippen molar-refractivity contribution in [2.75, 3.05) is 39.2 Å². The van der Waals surface area contributed by atoms with Gasteiger partial charge in [-0.05, 0) is 50.1 Å². The molecule has 32 heavy (non-hydrogen) atoms. The minimum Gasteiger partial charge on any atom is -0.490 e. The van der Waals surface area contributed by atoms with Crippen molar-refractivity contribution in [3.05, 3.63) is 54.1 Å². The van der Waals surface area contributed by atoms with Crippen molar-refractivity contribution in [3.63, 3.8) is 0 Å². The fourth-order valence-corrected chi connectivity index (χ4v) is 4.41. The summed E-state index contributed by atoms with van der Waals surface area (Å²) in [4.78, 5) is 12.8. The van der Waals surface area contributed by atoms with Gasteiger partial charge >= 0.3 is 0 Å². The SMILES string of the molecule is CCOc1cc(C(=O)NC2CCCN(S(C)(=O)=O)C2)ccc1OCCOc1ccccc1. The normalized spacial score (nSPS) is 16.9. The smallest absolute Gasteiger partial charge is 0.251 e. The van der Waals surface area contributed by atoms with E-state index in [0.717, 1.165) is 12.2 Å². The average Bonchev–Trinajstić information content (AvgIpc) is 2.78. The number of para-hydroxylation sites is 1. The highest BCUT2D eigenvalue weighted by atomic mass is 32.2. The first kappa shape index (κ1) is 23.9. The van der Waals surface area contributed by atoms with Gasteiger partial charge in [0.2, 0.25) is 10.0 Å². The molecule has 0 bridgehead atoms. The van der Waals surface area contributed by atoms with Crippen LogP contribution in [-0.2, 0) is 10.0 Å². The molecule has 1 aliphatic heterocycles. The van der Waals surface area contributed by atoms with Crippen LogP contribution in [0.3, 0.4) is 0 Å². The summed E-state index contributed by atoms with van der Waals surface area (Å²) in [6.45, 7) is 3.75. The fourth-order valence-electron chi connectivity index (χ4n) is 3.49. The van der Waals surface area contributed by atoms with Gasteiger partial charge in [-0.25, -0.2) is 12.7 Å². The van der Waals surface area contributed by atoms with Gasteiger partial charge in [-0.2, -0.15) is 0 Å². The lowest BCUT2D eigenvalue weighted by Gasteiger charge is -2.31. The number of carbonyl (C=O) groups excluding carboxylic acids is 1. The van der Waals surface area contributed by atoms with Gasteiger partial charge in [0.25, 0.3) is 5.91 Å². The number of sulfonamides is 1. The molecule has 1 atom stereocenters. The van der Waals surface area contributed by atoms with Gasteiger partial charge in [0.05, 0.1) is 12.9 Å². The summed E-state index contributed by atoms with van der Waals surface area (Å²) < 4.78 is 42.1. The maximum Gasteiger partial charge on any atom is 0.251 e. The van der Waals surface area contributed by atoms with Crippen LogP contribution in [0.15, 0.2) is 48.5 Å². The third-order valence-corrected chi connectivity index (χ3v) is 6.32. The molecule has 1 heterocycles. The van der Waals surface area contributed by atoms with Crippen LogP contribution in [0.4, 0.5) is 0 Å². The molecule has 174 valence electrons. The Morgan fingerprint density at radius 1 is 1.06 bits per heavy atom. The van der Waals surface area contributed by atoms with E-state index in [1.807, 2.05) is 37.3 Å². The Morgan fingerprint density at radius 3 is 2.53 bits per heavy atom. The van der Waals surface area contributed by atoms with E-state index in [1.165, 1.54) is 10.6 Å². The number of rotatable bonds is 10. The number of nitrogens with one attached hydrogen (secondary N) is 1. The largest absolute Gasteiger partial charge is 0.490 e. The van der Waals surface area contributed by atoms with E-state index in [9.17, 15) is 13.2 Å². The van der Waals surface area contributed by atoms with Gasteiger partial charge in [0, 0.05) is 24.7 Å². The average molecular weight is 463 g/mol. The van der Waals surface area contributed by atoms with Crippen molar-refractivity contribution in [2.45, 2.75) is 25.8 Å². The molecule has 0 aliphatic carbocycles. The molecule has 1 aliphatic rings. The zero-order valence-corrected chi connectivity index (χ0v) is 19.3. The number of hydrogen-bond donors (Lipinski definition) is 1. The van der Waals surface area contributed by atoms with E-state index in [-0.39, 0.29) is 18.5 Å². The van der Waals surface area contributed by atoms with Gasteiger partial charge in [-0.15, -0.1) is 0 Å². The van der Waals surface area contributed by atoms with Crippen LogP contribution in [0.1, 0.15) is 30.1 Å². The molecule has 1 N–H and O–H groups in total. The molecule has 0 saturated carbocycles. The van der Waals surface area contributed by atoms with Gasteiger partial charge in [0.1, 0.15) is 19.0 Å². The second kappa shape index (κ2) is 11.2. The maximum atomic E-state index is 12.8. The monoisotopic (exact) mass is 462 g/mol. The highest BCUT2D eigenvalue weighted by molar-refractivity contribution is 7.88. The number of amides is 1. The van der Waals surface area contributed by atoms with E-state index in [4.69, 9.17) is 14.2 Å². The highest BCUT2D eigenvalue weighted by Crippen LogP contribution is 2.29. The number of ether oxygens (including phenoxy) is 3. The number of piperidine rings is 1. The molecule has 8 nitrogen and oxygen atoms in total. The Balaban J connectivity index is 1.58. The number of carbonyl (C=O) groups is 1. The molecule has 3 rings (SSSR count). The zero-order chi connectivity index (χ0) is 23.0. The lowest BCUT2D eigenvalue weighted by atomic mass is 10.1. The second-order valence-electron chi connectivity index (χ2n) is 7.54. The lowest BCUT2D eigenvalue weighted by molar-refractivity contribution is 0.0921. The van der Waals surface area contributed by atoms with Crippen LogP contribution in [0.5, 0.6) is 17.2 Å². The first-order valence-electron chi connectivity index (χ1n) is 10.7. The first-order chi connectivity index (χ1) is 15.4. The number of nitrogens with zero attached hydrogens (tertiary/aromatic N) is 1. The van der Waals surface area contributed by atoms with Crippen molar-refractivity contribution in [3.8, 4) is 17.2 Å². The zero-order valence-electron chi connectivity index (χ0n) is 18.5. The lowest BCUT2D eigenvalue weighted by Crippen LogP contribution is -2.49. The minimum atomic E-state index is -3.27. The summed E-state index contributed by atoms with van der Waals surface area (Å²) in [5, 5.41) is 2.94. The third-order valence-electron chi connectivity index (χ3n) is 5.05. The molecule has 1 saturated heterocycles. The maximum absolute atomic E-state index is 12.8. The van der Waals surface area contributed by atoms with Crippen molar-refractivity contribution in [2.24, 2.45) is 0 Å². The summed E-state index contributed by atoms with van der Waals surface area (Å²) in [5.41, 5.74) is 0.429. The van der Waals surface area contributed by atoms with Gasteiger partial charge < -0.3 is 19.5 Å². The highest BCUT2D eigenvalue weighted by Gasteiger charge is 2.27. The van der Waals surface area contributed by atoms with Crippen molar-refractivity contribution >= 4 is 15.9 Å². The summed E-state index contributed by atoms with van der Waals surface area (Å²) in [6.07, 6.45) is 2.63. The molecule has 2 aromatic carbocycles. The topological polar surface area (TPSA) is 94.2 Å². The quantitative estimate of drug-likeness (QED) is 0.546. The Bertz CT molecular complexity index is 997. The molecule has 9 heteroatoms. The molecule has 0 spiro atoms. The molecule has 1 amide bonds. The third kappa shape index (κ3) is 6.86. The molecule has 0 aromatic heterocycles. The first-order valence-corrected chi connectivity index (χ1v) is 12.5. The molecular weight excluding hydrogens is 432 g/mol. The minimum absolute atomic E-state index is 0.229. The van der Waals surface area contributed by atoms with E-state index in [0.29, 0.717) is 49.8 Å². The van der Waals surface area contributed by atoms with Crippen LogP contribution < -0.4 is 19.5 Å². The van der Waals surface area contributed by atoms with Gasteiger partial charge in [-0.1, -0.05) is 18.2 Å². The van der Waals surface area contributed by atoms with Crippen LogP contribution >= 0.6 is 0 Å². The van der Waals surface area contributed by atoms with Crippen molar-refractivity contribution in [1.29, 1.82) is 0 Å². The van der Waals surface area contributed by atoms with Crippen molar-refractivity contribution in [1.82, 2.24) is 9.62 Å². The van der Waals surface area contributed by atoms with E-state index in [2.05, 4.69) is 5.32 Å². The summed E-state index contributed by atoms with van der Waals surface area (Å²) in [7, 11) is -3.27. The molecule has 0 radical (unpaired) electrons. The predicted molar refractivity (Wildman–Crippen MR) is 122 cm³/mol. The van der Waals surface area contributed by atoms with Crippen molar-refractivity contribution < 1.29 is 27.4 Å². The summed E-state index contributed by atoms with van der Waals surface area (Å²) >= 11 is 0. The van der Waals surface area contributed by atoms with Crippen LogP contribution in [0.25, 0.3) is 0 Å². The Kier molecular flexibility index (Phi) is 8.35. The van der Waals surface area contributed by atoms with E-state index < -0.39 is 10.0 Å². The molecular formula is C23H30N2O6S. The number of hydrogen-bond acceptors (Lipinski definition) is 6. The van der Waals surface area contributed by atoms with Crippen LogP contribution in [-0.4, -0.2) is 63.8 Å². The summed E-state index contributed by atoms with van der Waals surface area (Å²) in [6, 6.07) is 14.3. The standard InChI is InChI=1S/C23H30N2O6S/c1-3-29-22-16-18(23(26)24-19-8-7-13-25(17-19)32(2,27)28)11-12-21(22)31-15-14-30-20-9-5-4-6-10-20/h4-6,9-12,16,19H,3,7-8,13-15,17H2,1-2H3,(H,24,26). The second-order valence-corrected chi connectivity index (χ2v) is 9.52. The number of benzene rings is 2. The Labute approximate surface area is 189 Å². The Hall–Kier alpha value is -2.78. The fraction of sp³-hybridized carbons (Fsp3) is 0.435. The Morgan fingerprint density at radius 2 is 1.81 bits per heavy atom. The van der Waals surface area contributed by atoms with Gasteiger partial charge in [-0.3, -0.25) is 4.79 Å². The summed E-state index contributed by atoms with van der Waals surface area (Å²) in [5.74, 6) is 1.50. The molecule has 1 fully saturated rings. The van der Waals surface area contributed by atoms with Crippen LogP contribution in [0, 0.1) is 0 Å².